The first-order chi connectivity index (χ1) is 8.69. The van der Waals surface area contributed by atoms with Gasteiger partial charge in [0.05, 0.1) is 12.0 Å². The van der Waals surface area contributed by atoms with E-state index in [0.717, 1.165) is 38.2 Å². The van der Waals surface area contributed by atoms with Gasteiger partial charge in [0.1, 0.15) is 5.75 Å². The van der Waals surface area contributed by atoms with Crippen LogP contribution in [-0.4, -0.2) is 23.0 Å². The number of aromatic amines is 1. The topological polar surface area (TPSA) is 62.3 Å². The number of rotatable bonds is 2. The normalized spacial score (nSPS) is 17.7. The average molecular weight is 281 g/mol. The number of hydrogen-bond acceptors (Lipinski definition) is 5. The van der Waals surface area contributed by atoms with Crippen LogP contribution in [0.4, 0.5) is 0 Å². The van der Waals surface area contributed by atoms with Crippen molar-refractivity contribution in [1.82, 2.24) is 4.98 Å². The van der Waals surface area contributed by atoms with Crippen LogP contribution in [0.15, 0.2) is 27.9 Å². The second-order valence-electron chi connectivity index (χ2n) is 3.99. The molecular weight excluding hydrogens is 270 g/mol. The van der Waals surface area contributed by atoms with Gasteiger partial charge in [0.2, 0.25) is 5.88 Å². The van der Waals surface area contributed by atoms with Gasteiger partial charge in [-0.25, -0.2) is 0 Å². The molecule has 3 rings (SSSR count). The van der Waals surface area contributed by atoms with Crippen LogP contribution in [0.1, 0.15) is 16.4 Å². The van der Waals surface area contributed by atoms with Crippen molar-refractivity contribution in [1.29, 1.82) is 0 Å². The molecule has 1 aromatic carbocycles. The number of aromatic hydroxyl groups is 1. The number of fused-ring (bicyclic) bond motifs is 1. The van der Waals surface area contributed by atoms with Crippen molar-refractivity contribution in [2.24, 2.45) is 0 Å². The maximum atomic E-state index is 11.3. The van der Waals surface area contributed by atoms with Crippen molar-refractivity contribution < 1.29 is 9.84 Å². The molecule has 1 atom stereocenters. The van der Waals surface area contributed by atoms with Crippen molar-refractivity contribution in [2.75, 3.05) is 12.9 Å². The van der Waals surface area contributed by atoms with Crippen molar-refractivity contribution in [3.63, 3.8) is 0 Å². The first-order valence-electron chi connectivity index (χ1n) is 5.41. The summed E-state index contributed by atoms with van der Waals surface area (Å²) in [5, 5.41) is 9.74. The molecule has 1 aliphatic rings. The third-order valence-corrected chi connectivity index (χ3v) is 5.12. The highest BCUT2D eigenvalue weighted by Crippen LogP contribution is 2.46. The van der Waals surface area contributed by atoms with E-state index in [4.69, 9.17) is 4.74 Å². The maximum Gasteiger partial charge on any atom is 0.307 e. The zero-order valence-electron chi connectivity index (χ0n) is 9.60. The molecule has 0 saturated heterocycles. The summed E-state index contributed by atoms with van der Waals surface area (Å²) in [5.74, 6) is 1.75. The van der Waals surface area contributed by atoms with Gasteiger partial charge in [-0.1, -0.05) is 17.4 Å². The highest BCUT2D eigenvalue weighted by Gasteiger charge is 2.29. The third kappa shape index (κ3) is 1.81. The van der Waals surface area contributed by atoms with E-state index in [1.165, 1.54) is 0 Å². The molecule has 0 radical (unpaired) electrons. The lowest BCUT2D eigenvalue weighted by atomic mass is 10.00. The molecule has 0 aliphatic carbocycles. The highest BCUT2D eigenvalue weighted by molar-refractivity contribution is 7.99. The van der Waals surface area contributed by atoms with Gasteiger partial charge in [0.15, 0.2) is 0 Å². The molecule has 2 heterocycles. The number of thiazole rings is 1. The molecule has 6 heteroatoms. The molecular formula is C12H11NO3S2. The fraction of sp³-hybridized carbons (Fsp3) is 0.250. The minimum absolute atomic E-state index is 0.000678. The van der Waals surface area contributed by atoms with Gasteiger partial charge in [-0.15, -0.1) is 11.8 Å². The first kappa shape index (κ1) is 11.7. The maximum absolute atomic E-state index is 11.3. The molecule has 0 saturated carbocycles. The Morgan fingerprint density at radius 1 is 1.50 bits per heavy atom. The zero-order chi connectivity index (χ0) is 12.7. The van der Waals surface area contributed by atoms with Gasteiger partial charge < -0.3 is 9.84 Å². The SMILES string of the molecule is COc1ccc2c(c1)SCC2c1sc(=O)[nH]c1O. The van der Waals surface area contributed by atoms with E-state index in [0.29, 0.717) is 0 Å². The Kier molecular flexibility index (Phi) is 2.83. The number of thioether (sulfide) groups is 1. The molecule has 1 aliphatic heterocycles. The van der Waals surface area contributed by atoms with Crippen LogP contribution in [0.5, 0.6) is 11.6 Å². The predicted molar refractivity (Wildman–Crippen MR) is 72.2 cm³/mol. The summed E-state index contributed by atoms with van der Waals surface area (Å²) in [4.78, 5) is 15.3. The van der Waals surface area contributed by atoms with Crippen LogP contribution in [0.3, 0.4) is 0 Å². The van der Waals surface area contributed by atoms with Gasteiger partial charge in [-0.05, 0) is 17.7 Å². The molecule has 0 amide bonds. The summed E-state index contributed by atoms with van der Waals surface area (Å²) in [5.41, 5.74) is 1.14. The number of ether oxygens (including phenoxy) is 1. The summed E-state index contributed by atoms with van der Waals surface area (Å²) in [6, 6.07) is 5.90. The molecule has 94 valence electrons. The van der Waals surface area contributed by atoms with E-state index in [1.807, 2.05) is 18.2 Å². The first-order valence-corrected chi connectivity index (χ1v) is 7.22. The van der Waals surface area contributed by atoms with Crippen LogP contribution in [0.25, 0.3) is 0 Å². The van der Waals surface area contributed by atoms with Gasteiger partial charge in [0, 0.05) is 16.6 Å². The highest BCUT2D eigenvalue weighted by atomic mass is 32.2. The Balaban J connectivity index is 2.05. The molecule has 1 aromatic heterocycles. The quantitative estimate of drug-likeness (QED) is 0.887. The monoisotopic (exact) mass is 281 g/mol. The molecule has 4 nitrogen and oxygen atoms in total. The second-order valence-corrected chi connectivity index (χ2v) is 6.07. The largest absolute Gasteiger partial charge is 0.497 e. The van der Waals surface area contributed by atoms with E-state index < -0.39 is 0 Å². The Hall–Kier alpha value is -1.40. The minimum Gasteiger partial charge on any atom is -0.497 e. The lowest BCUT2D eigenvalue weighted by molar-refractivity contribution is 0.413. The number of aromatic nitrogens is 1. The van der Waals surface area contributed by atoms with E-state index in [9.17, 15) is 9.90 Å². The summed E-state index contributed by atoms with van der Waals surface area (Å²) >= 11 is 2.80. The lowest BCUT2D eigenvalue weighted by Gasteiger charge is -2.09. The van der Waals surface area contributed by atoms with Crippen LogP contribution < -0.4 is 9.61 Å². The standard InChI is InChI=1S/C12H11NO3S2/c1-16-6-2-3-7-8(5-17-9(7)4-6)10-11(14)13-12(15)18-10/h2-4,8,14H,5H2,1H3,(H,13,15). The third-order valence-electron chi connectivity index (χ3n) is 2.97. The number of nitrogens with one attached hydrogen (secondary N) is 1. The summed E-state index contributed by atoms with van der Waals surface area (Å²) in [6.45, 7) is 0. The van der Waals surface area contributed by atoms with Crippen LogP contribution in [0, 0.1) is 0 Å². The molecule has 0 bridgehead atoms. The molecule has 1 unspecified atom stereocenters. The van der Waals surface area contributed by atoms with Crippen LogP contribution >= 0.6 is 23.1 Å². The van der Waals surface area contributed by atoms with E-state index in [1.54, 1.807) is 18.9 Å². The number of H-pyrrole nitrogens is 1. The Morgan fingerprint density at radius 3 is 3.00 bits per heavy atom. The summed E-state index contributed by atoms with van der Waals surface area (Å²) in [7, 11) is 1.64. The van der Waals surface area contributed by atoms with Gasteiger partial charge in [-0.2, -0.15) is 0 Å². The van der Waals surface area contributed by atoms with Crippen molar-refractivity contribution in [2.45, 2.75) is 10.8 Å². The fourth-order valence-electron chi connectivity index (χ4n) is 2.10. The predicted octanol–water partition coefficient (Wildman–Crippen LogP) is 2.39. The Morgan fingerprint density at radius 2 is 2.33 bits per heavy atom. The molecule has 18 heavy (non-hydrogen) atoms. The smallest absolute Gasteiger partial charge is 0.307 e. The van der Waals surface area contributed by atoms with Gasteiger partial charge >= 0.3 is 4.87 Å². The Bertz CT molecular complexity index is 647. The van der Waals surface area contributed by atoms with Gasteiger partial charge in [0.25, 0.3) is 0 Å². The van der Waals surface area contributed by atoms with Crippen molar-refractivity contribution in [3.05, 3.63) is 38.3 Å². The number of benzene rings is 1. The Labute approximate surface area is 112 Å². The van der Waals surface area contributed by atoms with E-state index in [-0.39, 0.29) is 16.7 Å². The second kappa shape index (κ2) is 4.37. The minimum atomic E-state index is -0.213. The van der Waals surface area contributed by atoms with Crippen LogP contribution in [-0.2, 0) is 0 Å². The van der Waals surface area contributed by atoms with E-state index >= 15 is 0 Å². The average Bonchev–Trinajstić information content (AvgIpc) is 2.91. The van der Waals surface area contributed by atoms with Gasteiger partial charge in [-0.3, -0.25) is 9.78 Å². The summed E-state index contributed by atoms with van der Waals surface area (Å²) in [6.07, 6.45) is 0. The van der Waals surface area contributed by atoms with Crippen LogP contribution in [0.2, 0.25) is 0 Å². The summed E-state index contributed by atoms with van der Waals surface area (Å²) < 4.78 is 5.19. The lowest BCUT2D eigenvalue weighted by Crippen LogP contribution is -1.97. The molecule has 0 fully saturated rings. The molecule has 2 aromatic rings. The van der Waals surface area contributed by atoms with Crippen molar-refractivity contribution in [3.8, 4) is 11.6 Å². The molecule has 2 N–H and O–H groups in total. The van der Waals surface area contributed by atoms with Crippen molar-refractivity contribution >= 4 is 23.1 Å². The number of methoxy groups -OCH3 is 1. The zero-order valence-corrected chi connectivity index (χ0v) is 11.2. The molecule has 0 spiro atoms. The number of hydrogen-bond donors (Lipinski definition) is 2. The van der Waals surface area contributed by atoms with E-state index in [2.05, 4.69) is 4.98 Å². The fourth-order valence-corrected chi connectivity index (χ4v) is 4.32.